The van der Waals surface area contributed by atoms with E-state index in [2.05, 4.69) is 34.9 Å². The van der Waals surface area contributed by atoms with Crippen molar-refractivity contribution in [3.63, 3.8) is 0 Å². The molecule has 0 radical (unpaired) electrons. The molecule has 2 aliphatic heterocycles. The van der Waals surface area contributed by atoms with Gasteiger partial charge in [0, 0.05) is 44.0 Å². The van der Waals surface area contributed by atoms with E-state index < -0.39 is 0 Å². The molecular formula is C33H35N5O2S2. The summed E-state index contributed by atoms with van der Waals surface area (Å²) in [6.07, 6.45) is 3.57. The van der Waals surface area contributed by atoms with Gasteiger partial charge in [0.1, 0.15) is 21.8 Å². The van der Waals surface area contributed by atoms with Crippen molar-refractivity contribution in [3.8, 4) is 6.07 Å². The van der Waals surface area contributed by atoms with Crippen LogP contribution in [0.5, 0.6) is 0 Å². The number of carbonyl (C=O) groups excluding carboxylic acids is 1. The number of thioether (sulfide) groups is 1. The van der Waals surface area contributed by atoms with E-state index in [9.17, 15) is 14.9 Å². The van der Waals surface area contributed by atoms with Gasteiger partial charge in [-0.1, -0.05) is 85.9 Å². The number of nitrogens with zero attached hydrogens (tertiary/aromatic N) is 5. The summed E-state index contributed by atoms with van der Waals surface area (Å²) in [5, 5.41) is 10.0. The van der Waals surface area contributed by atoms with Crippen molar-refractivity contribution in [1.82, 2.24) is 9.47 Å². The minimum absolute atomic E-state index is 0.122. The molecule has 0 saturated carbocycles. The Hall–Kier alpha value is -3.87. The van der Waals surface area contributed by atoms with Crippen LogP contribution >= 0.6 is 24.0 Å². The first-order valence-electron chi connectivity index (χ1n) is 14.4. The van der Waals surface area contributed by atoms with Gasteiger partial charge in [-0.05, 0) is 49.6 Å². The number of nitriles is 1. The molecule has 1 amide bonds. The lowest BCUT2D eigenvalue weighted by atomic mass is 10.0. The van der Waals surface area contributed by atoms with E-state index in [0.29, 0.717) is 34.4 Å². The van der Waals surface area contributed by atoms with Gasteiger partial charge in [0.25, 0.3) is 11.5 Å². The molecule has 1 atom stereocenters. The number of carbonyl (C=O) groups is 1. The summed E-state index contributed by atoms with van der Waals surface area (Å²) in [4.78, 5) is 34.2. The molecule has 216 valence electrons. The van der Waals surface area contributed by atoms with Crippen LogP contribution in [0.25, 0.3) is 6.08 Å². The molecular weight excluding hydrogens is 563 g/mol. The highest BCUT2D eigenvalue weighted by Crippen LogP contribution is 2.40. The first-order chi connectivity index (χ1) is 20.3. The van der Waals surface area contributed by atoms with Crippen molar-refractivity contribution < 1.29 is 4.79 Å². The number of thiocarbonyl (C=S) groups is 1. The number of para-hydroxylation sites is 1. The average Bonchev–Trinajstić information content (AvgIpc) is 3.30. The van der Waals surface area contributed by atoms with E-state index in [1.54, 1.807) is 9.47 Å². The molecule has 0 bridgehead atoms. The fourth-order valence-electron chi connectivity index (χ4n) is 5.65. The molecule has 9 heteroatoms. The van der Waals surface area contributed by atoms with Crippen molar-refractivity contribution in [2.75, 3.05) is 36.0 Å². The number of aromatic nitrogens is 1. The number of hydrogen-bond donors (Lipinski definition) is 0. The predicted molar refractivity (Wildman–Crippen MR) is 176 cm³/mol. The third kappa shape index (κ3) is 5.74. The van der Waals surface area contributed by atoms with Gasteiger partial charge in [-0.3, -0.25) is 19.1 Å². The second-order valence-electron chi connectivity index (χ2n) is 10.6. The van der Waals surface area contributed by atoms with E-state index in [0.717, 1.165) is 42.9 Å². The van der Waals surface area contributed by atoms with E-state index in [1.165, 1.54) is 17.4 Å². The minimum atomic E-state index is -0.272. The third-order valence-electron chi connectivity index (χ3n) is 8.05. The van der Waals surface area contributed by atoms with E-state index >= 15 is 0 Å². The van der Waals surface area contributed by atoms with Gasteiger partial charge >= 0.3 is 0 Å². The highest BCUT2D eigenvalue weighted by Gasteiger charge is 2.37. The number of anilines is 2. The lowest BCUT2D eigenvalue weighted by Gasteiger charge is -2.39. The summed E-state index contributed by atoms with van der Waals surface area (Å²) in [5.74, 6) is 0.615. The molecule has 3 heterocycles. The van der Waals surface area contributed by atoms with Gasteiger partial charge in [0.2, 0.25) is 0 Å². The maximum atomic E-state index is 13.8. The number of amides is 1. The standard InChI is InChI=1S/C33H35N5O2S2/c1-4-5-16-37-30(36-19-17-35(18-20-36)26-14-10-7-11-15-26)27(23(2)28(22-34)31(37)39)21-29-32(40)38(33(41)42-29)24(3)25-12-8-6-9-13-25/h6-15,21,24H,4-5,16-20H2,1-3H3/b29-21+. The Bertz CT molecular complexity index is 1600. The minimum Gasteiger partial charge on any atom is -0.368 e. The topological polar surface area (TPSA) is 72.6 Å². The fourth-order valence-corrected chi connectivity index (χ4v) is 7.05. The monoisotopic (exact) mass is 597 g/mol. The first kappa shape index (κ1) is 29.6. The van der Waals surface area contributed by atoms with Crippen LogP contribution in [-0.2, 0) is 11.3 Å². The molecule has 0 spiro atoms. The third-order valence-corrected chi connectivity index (χ3v) is 9.38. The zero-order chi connectivity index (χ0) is 29.8. The van der Waals surface area contributed by atoms with E-state index in [4.69, 9.17) is 12.2 Å². The van der Waals surface area contributed by atoms with Crippen molar-refractivity contribution in [1.29, 1.82) is 5.26 Å². The summed E-state index contributed by atoms with van der Waals surface area (Å²) in [6, 6.07) is 22.1. The quantitative estimate of drug-likeness (QED) is 0.229. The Labute approximate surface area is 257 Å². The average molecular weight is 598 g/mol. The Kier molecular flexibility index (Phi) is 9.15. The molecule has 1 aromatic heterocycles. The van der Waals surface area contributed by atoms with Crippen LogP contribution in [0, 0.1) is 18.3 Å². The van der Waals surface area contributed by atoms with Gasteiger partial charge < -0.3 is 9.80 Å². The SMILES string of the molecule is CCCCn1c(N2CCN(c3ccccc3)CC2)c(/C=C2/SC(=S)N(C(C)c3ccccc3)C2=O)c(C)c(C#N)c1=O. The maximum absolute atomic E-state index is 13.8. The largest absolute Gasteiger partial charge is 0.368 e. The summed E-state index contributed by atoms with van der Waals surface area (Å²) in [5.41, 5.74) is 3.36. The first-order valence-corrected chi connectivity index (χ1v) is 15.6. The molecule has 5 rings (SSSR count). The van der Waals surface area contributed by atoms with Gasteiger partial charge in [-0.2, -0.15) is 5.26 Å². The smallest absolute Gasteiger partial charge is 0.270 e. The Morgan fingerprint density at radius 2 is 1.62 bits per heavy atom. The molecule has 2 fully saturated rings. The Morgan fingerprint density at radius 3 is 2.24 bits per heavy atom. The Morgan fingerprint density at radius 1 is 1.00 bits per heavy atom. The summed E-state index contributed by atoms with van der Waals surface area (Å²) in [6.45, 7) is 9.38. The Balaban J connectivity index is 1.57. The van der Waals surface area contributed by atoms with E-state index in [1.807, 2.05) is 68.5 Å². The van der Waals surface area contributed by atoms with Crippen LogP contribution in [0.4, 0.5) is 11.5 Å². The normalized spacial score (nSPS) is 17.2. The zero-order valence-electron chi connectivity index (χ0n) is 24.2. The fraction of sp³-hybridized carbons (Fsp3) is 0.333. The predicted octanol–water partition coefficient (Wildman–Crippen LogP) is 6.12. The molecule has 0 N–H and O–H groups in total. The summed E-state index contributed by atoms with van der Waals surface area (Å²) in [7, 11) is 0. The molecule has 7 nitrogen and oxygen atoms in total. The van der Waals surface area contributed by atoms with Crippen LogP contribution in [0.3, 0.4) is 0 Å². The van der Waals surface area contributed by atoms with Gasteiger partial charge in [0.05, 0.1) is 10.9 Å². The van der Waals surface area contributed by atoms with Crippen LogP contribution < -0.4 is 15.4 Å². The number of pyridine rings is 1. The zero-order valence-corrected chi connectivity index (χ0v) is 25.9. The summed E-state index contributed by atoms with van der Waals surface area (Å²) >= 11 is 6.97. The van der Waals surface area contributed by atoms with Crippen molar-refractivity contribution in [3.05, 3.63) is 98.2 Å². The molecule has 2 saturated heterocycles. The second kappa shape index (κ2) is 13.0. The number of rotatable bonds is 8. The second-order valence-corrected chi connectivity index (χ2v) is 12.3. The number of unbranched alkanes of at least 4 members (excludes halogenated alkanes) is 1. The molecule has 3 aromatic rings. The summed E-state index contributed by atoms with van der Waals surface area (Å²) < 4.78 is 2.25. The lowest BCUT2D eigenvalue weighted by Crippen LogP contribution is -2.48. The molecule has 2 aromatic carbocycles. The van der Waals surface area contributed by atoms with E-state index in [-0.39, 0.29) is 23.1 Å². The molecule has 0 aliphatic carbocycles. The van der Waals surface area contributed by atoms with Crippen LogP contribution in [-0.4, -0.2) is 45.9 Å². The number of hydrogen-bond acceptors (Lipinski definition) is 7. The molecule has 2 aliphatic rings. The molecule has 42 heavy (non-hydrogen) atoms. The highest BCUT2D eigenvalue weighted by atomic mass is 32.2. The van der Waals surface area contributed by atoms with Crippen molar-refractivity contribution in [2.24, 2.45) is 0 Å². The number of piperazine rings is 1. The maximum Gasteiger partial charge on any atom is 0.270 e. The number of benzene rings is 2. The molecule has 1 unspecified atom stereocenters. The lowest BCUT2D eigenvalue weighted by molar-refractivity contribution is -0.123. The van der Waals surface area contributed by atoms with Gasteiger partial charge in [-0.15, -0.1) is 0 Å². The van der Waals surface area contributed by atoms with Gasteiger partial charge in [-0.25, -0.2) is 0 Å². The van der Waals surface area contributed by atoms with Gasteiger partial charge in [0.15, 0.2) is 0 Å². The van der Waals surface area contributed by atoms with Crippen molar-refractivity contribution >= 4 is 51.8 Å². The highest BCUT2D eigenvalue weighted by molar-refractivity contribution is 8.26. The van der Waals surface area contributed by atoms with Crippen LogP contribution in [0.1, 0.15) is 55.0 Å². The van der Waals surface area contributed by atoms with Crippen LogP contribution in [0.15, 0.2) is 70.4 Å². The van der Waals surface area contributed by atoms with Crippen LogP contribution in [0.2, 0.25) is 0 Å². The van der Waals surface area contributed by atoms with Crippen molar-refractivity contribution in [2.45, 2.75) is 46.2 Å².